The van der Waals surface area contributed by atoms with Crippen LogP contribution in [0.15, 0.2) is 18.2 Å². The minimum absolute atomic E-state index is 0.213. The average molecular weight is 220 g/mol. The Labute approximate surface area is 93.7 Å². The molecule has 0 unspecified atom stereocenters. The molecule has 1 aliphatic rings. The van der Waals surface area contributed by atoms with E-state index in [0.29, 0.717) is 18.0 Å². The van der Waals surface area contributed by atoms with Gasteiger partial charge in [0.25, 0.3) is 0 Å². The maximum atomic E-state index is 12.9. The summed E-state index contributed by atoms with van der Waals surface area (Å²) in [5, 5.41) is 17.7. The van der Waals surface area contributed by atoms with Gasteiger partial charge in [-0.3, -0.25) is 4.90 Å². The summed E-state index contributed by atoms with van der Waals surface area (Å²) in [4.78, 5) is 2.13. The third-order valence-electron chi connectivity index (χ3n) is 2.88. The van der Waals surface area contributed by atoms with Gasteiger partial charge < -0.3 is 5.11 Å². The fraction of sp³-hybridized carbons (Fsp3) is 0.417. The van der Waals surface area contributed by atoms with Crippen LogP contribution in [0.5, 0.6) is 0 Å². The van der Waals surface area contributed by atoms with E-state index in [1.54, 1.807) is 6.07 Å². The third-order valence-corrected chi connectivity index (χ3v) is 2.88. The van der Waals surface area contributed by atoms with Crippen molar-refractivity contribution in [2.24, 2.45) is 5.92 Å². The van der Waals surface area contributed by atoms with E-state index in [-0.39, 0.29) is 12.4 Å². The molecule has 16 heavy (non-hydrogen) atoms. The largest absolute Gasteiger partial charge is 0.396 e. The molecule has 0 radical (unpaired) electrons. The standard InChI is InChI=1S/C12H13FN2O/c13-12-2-1-10(11(3-12)4-14)7-15-5-9(6-15)8-16/h1-3,9,16H,5-8H2. The van der Waals surface area contributed by atoms with Crippen molar-refractivity contribution in [1.82, 2.24) is 4.90 Å². The molecule has 1 aliphatic heterocycles. The number of nitriles is 1. The van der Waals surface area contributed by atoms with Gasteiger partial charge in [0, 0.05) is 32.2 Å². The molecule has 1 heterocycles. The second kappa shape index (κ2) is 4.60. The smallest absolute Gasteiger partial charge is 0.124 e. The van der Waals surface area contributed by atoms with Crippen molar-refractivity contribution in [2.75, 3.05) is 19.7 Å². The van der Waals surface area contributed by atoms with Crippen molar-refractivity contribution >= 4 is 0 Å². The second-order valence-corrected chi connectivity index (χ2v) is 4.16. The molecule has 0 bridgehead atoms. The molecule has 1 N–H and O–H groups in total. The Balaban J connectivity index is 2.03. The van der Waals surface area contributed by atoms with Gasteiger partial charge in [0.1, 0.15) is 5.82 Å². The van der Waals surface area contributed by atoms with Crippen LogP contribution in [0.4, 0.5) is 4.39 Å². The molecule has 2 rings (SSSR count). The monoisotopic (exact) mass is 220 g/mol. The Kier molecular flexibility index (Phi) is 3.18. The van der Waals surface area contributed by atoms with Crippen LogP contribution in [0.25, 0.3) is 0 Å². The summed E-state index contributed by atoms with van der Waals surface area (Å²) in [6.45, 7) is 2.56. The summed E-state index contributed by atoms with van der Waals surface area (Å²) in [5.74, 6) is -0.0249. The normalized spacial score (nSPS) is 16.8. The van der Waals surface area contributed by atoms with E-state index in [1.807, 2.05) is 6.07 Å². The van der Waals surface area contributed by atoms with Gasteiger partial charge in [-0.15, -0.1) is 0 Å². The zero-order valence-electron chi connectivity index (χ0n) is 8.86. The van der Waals surface area contributed by atoms with Crippen molar-refractivity contribution in [1.29, 1.82) is 5.26 Å². The number of aliphatic hydroxyl groups is 1. The first-order valence-electron chi connectivity index (χ1n) is 5.24. The molecule has 0 aromatic heterocycles. The highest BCUT2D eigenvalue weighted by molar-refractivity contribution is 5.37. The molecule has 0 amide bonds. The Morgan fingerprint density at radius 1 is 1.50 bits per heavy atom. The van der Waals surface area contributed by atoms with Crippen molar-refractivity contribution in [3.05, 3.63) is 35.1 Å². The number of hydrogen-bond acceptors (Lipinski definition) is 3. The van der Waals surface area contributed by atoms with Crippen molar-refractivity contribution in [2.45, 2.75) is 6.54 Å². The van der Waals surface area contributed by atoms with Crippen molar-refractivity contribution < 1.29 is 9.50 Å². The van der Waals surface area contributed by atoms with Crippen LogP contribution in [0, 0.1) is 23.1 Å². The first-order valence-corrected chi connectivity index (χ1v) is 5.24. The van der Waals surface area contributed by atoms with E-state index in [0.717, 1.165) is 18.7 Å². The van der Waals surface area contributed by atoms with Crippen molar-refractivity contribution in [3.63, 3.8) is 0 Å². The fourth-order valence-electron chi connectivity index (χ4n) is 1.95. The number of benzene rings is 1. The summed E-state index contributed by atoms with van der Waals surface area (Å²) in [6.07, 6.45) is 0. The molecule has 1 fully saturated rings. The zero-order valence-corrected chi connectivity index (χ0v) is 8.86. The number of aliphatic hydroxyl groups excluding tert-OH is 1. The minimum Gasteiger partial charge on any atom is -0.396 e. The van der Waals surface area contributed by atoms with Crippen LogP contribution in [-0.2, 0) is 6.54 Å². The Morgan fingerprint density at radius 2 is 2.25 bits per heavy atom. The molecule has 3 nitrogen and oxygen atoms in total. The summed E-state index contributed by atoms with van der Waals surface area (Å²) >= 11 is 0. The van der Waals surface area contributed by atoms with E-state index in [4.69, 9.17) is 10.4 Å². The van der Waals surface area contributed by atoms with E-state index in [2.05, 4.69) is 4.90 Å². The van der Waals surface area contributed by atoms with Gasteiger partial charge in [0.15, 0.2) is 0 Å². The molecule has 1 aromatic rings. The van der Waals surface area contributed by atoms with Gasteiger partial charge in [-0.1, -0.05) is 6.07 Å². The molecule has 1 saturated heterocycles. The molecule has 0 spiro atoms. The van der Waals surface area contributed by atoms with Gasteiger partial charge in [0.05, 0.1) is 11.6 Å². The lowest BCUT2D eigenvalue weighted by atomic mass is 9.99. The number of halogens is 1. The number of hydrogen-bond donors (Lipinski definition) is 1. The SMILES string of the molecule is N#Cc1cc(F)ccc1CN1CC(CO)C1. The fourth-order valence-corrected chi connectivity index (χ4v) is 1.95. The van der Waals surface area contributed by atoms with E-state index in [1.165, 1.54) is 12.1 Å². The number of nitrogens with zero attached hydrogens (tertiary/aromatic N) is 2. The molecule has 1 aromatic carbocycles. The highest BCUT2D eigenvalue weighted by atomic mass is 19.1. The quantitative estimate of drug-likeness (QED) is 0.830. The summed E-state index contributed by atoms with van der Waals surface area (Å²) in [5.41, 5.74) is 1.24. The van der Waals surface area contributed by atoms with E-state index in [9.17, 15) is 4.39 Å². The zero-order chi connectivity index (χ0) is 11.5. The van der Waals surface area contributed by atoms with Crippen LogP contribution < -0.4 is 0 Å². The average Bonchev–Trinajstić information content (AvgIpc) is 2.24. The Hall–Kier alpha value is -1.44. The van der Waals surface area contributed by atoms with Crippen LogP contribution >= 0.6 is 0 Å². The van der Waals surface area contributed by atoms with Crippen LogP contribution in [0.2, 0.25) is 0 Å². The third kappa shape index (κ3) is 2.21. The Bertz CT molecular complexity index is 422. The highest BCUT2D eigenvalue weighted by Crippen LogP contribution is 2.20. The number of rotatable bonds is 3. The lowest BCUT2D eigenvalue weighted by molar-refractivity contribution is 0.0478. The first-order chi connectivity index (χ1) is 7.72. The summed E-state index contributed by atoms with van der Waals surface area (Å²) in [6, 6.07) is 6.29. The van der Waals surface area contributed by atoms with Crippen LogP contribution in [0.3, 0.4) is 0 Å². The predicted octanol–water partition coefficient (Wildman–Crippen LogP) is 1.12. The molecule has 0 atom stereocenters. The molecule has 0 saturated carbocycles. The lowest BCUT2D eigenvalue weighted by Gasteiger charge is -2.38. The molecule has 4 heteroatoms. The molecule has 0 aliphatic carbocycles. The van der Waals surface area contributed by atoms with Gasteiger partial charge in [0.2, 0.25) is 0 Å². The molecule has 84 valence electrons. The highest BCUT2D eigenvalue weighted by Gasteiger charge is 2.26. The van der Waals surface area contributed by atoms with Crippen LogP contribution in [-0.4, -0.2) is 29.7 Å². The minimum atomic E-state index is -0.378. The molecular weight excluding hydrogens is 207 g/mol. The van der Waals surface area contributed by atoms with Gasteiger partial charge in [-0.25, -0.2) is 4.39 Å². The van der Waals surface area contributed by atoms with Crippen molar-refractivity contribution in [3.8, 4) is 6.07 Å². The van der Waals surface area contributed by atoms with Gasteiger partial charge in [-0.05, 0) is 17.7 Å². The molecular formula is C12H13FN2O. The van der Waals surface area contributed by atoms with Gasteiger partial charge in [-0.2, -0.15) is 5.26 Å². The number of likely N-dealkylation sites (tertiary alicyclic amines) is 1. The first kappa shape index (κ1) is 11.1. The van der Waals surface area contributed by atoms with Crippen LogP contribution in [0.1, 0.15) is 11.1 Å². The van der Waals surface area contributed by atoms with E-state index < -0.39 is 0 Å². The maximum absolute atomic E-state index is 12.9. The predicted molar refractivity (Wildman–Crippen MR) is 57.0 cm³/mol. The summed E-state index contributed by atoms with van der Waals surface area (Å²) < 4.78 is 12.9. The topological polar surface area (TPSA) is 47.3 Å². The lowest BCUT2D eigenvalue weighted by Crippen LogP contribution is -2.47. The van der Waals surface area contributed by atoms with E-state index >= 15 is 0 Å². The summed E-state index contributed by atoms with van der Waals surface area (Å²) in [7, 11) is 0. The second-order valence-electron chi connectivity index (χ2n) is 4.16. The maximum Gasteiger partial charge on any atom is 0.124 e. The Morgan fingerprint density at radius 3 is 2.88 bits per heavy atom. The van der Waals surface area contributed by atoms with Gasteiger partial charge >= 0.3 is 0 Å².